The number of halogens is 1. The third-order valence-electron chi connectivity index (χ3n) is 3.55. The molecule has 7 heteroatoms. The van der Waals surface area contributed by atoms with Crippen molar-refractivity contribution >= 4 is 17.5 Å². The van der Waals surface area contributed by atoms with Crippen molar-refractivity contribution in [3.63, 3.8) is 0 Å². The highest BCUT2D eigenvalue weighted by atomic mass is 35.5. The predicted octanol–water partition coefficient (Wildman–Crippen LogP) is 0.450. The molecule has 1 aromatic carbocycles. The molecule has 3 N–H and O–H groups in total. The number of nitrogens with one attached hydrogen (secondary N) is 2. The lowest BCUT2D eigenvalue weighted by molar-refractivity contribution is -0.123. The van der Waals surface area contributed by atoms with E-state index in [-0.39, 0.29) is 11.9 Å². The molecular formula is C14H17ClN2O4. The second-order valence-electron chi connectivity index (χ2n) is 5.17. The van der Waals surface area contributed by atoms with Gasteiger partial charge in [0.15, 0.2) is 11.5 Å². The van der Waals surface area contributed by atoms with Crippen LogP contribution >= 0.6 is 11.6 Å². The van der Waals surface area contributed by atoms with Crippen molar-refractivity contribution in [2.24, 2.45) is 0 Å². The number of carbonyl (C=O) groups is 1. The first kappa shape index (κ1) is 14.4. The normalized spacial score (nSPS) is 23.9. The molecule has 21 heavy (non-hydrogen) atoms. The van der Waals surface area contributed by atoms with E-state index in [4.69, 9.17) is 21.1 Å². The van der Waals surface area contributed by atoms with Crippen LogP contribution in [0.4, 0.5) is 0 Å². The van der Waals surface area contributed by atoms with Gasteiger partial charge in [0.25, 0.3) is 0 Å². The molecule has 1 fully saturated rings. The molecule has 2 heterocycles. The fraction of sp³-hybridized carbons (Fsp3) is 0.500. The Kier molecular flexibility index (Phi) is 4.19. The van der Waals surface area contributed by atoms with E-state index in [2.05, 4.69) is 10.6 Å². The topological polar surface area (TPSA) is 79.8 Å². The molecule has 1 amide bonds. The highest BCUT2D eigenvalue weighted by Gasteiger charge is 2.27. The van der Waals surface area contributed by atoms with Crippen LogP contribution in [-0.2, 0) is 11.3 Å². The second kappa shape index (κ2) is 6.09. The van der Waals surface area contributed by atoms with Crippen LogP contribution in [0.2, 0.25) is 5.02 Å². The Balaban J connectivity index is 1.63. The maximum absolute atomic E-state index is 12.0. The van der Waals surface area contributed by atoms with E-state index in [1.165, 1.54) is 0 Å². The fourth-order valence-corrected chi connectivity index (χ4v) is 2.78. The molecule has 0 bridgehead atoms. The molecule has 1 saturated heterocycles. The minimum Gasteiger partial charge on any atom is -0.486 e. The number of fused-ring (bicyclic) bond motifs is 1. The van der Waals surface area contributed by atoms with Crippen LogP contribution in [0.15, 0.2) is 12.1 Å². The minimum absolute atomic E-state index is 0.127. The Morgan fingerprint density at radius 3 is 3.00 bits per heavy atom. The van der Waals surface area contributed by atoms with Gasteiger partial charge in [-0.15, -0.1) is 0 Å². The van der Waals surface area contributed by atoms with E-state index in [0.717, 1.165) is 5.56 Å². The van der Waals surface area contributed by atoms with Crippen LogP contribution in [-0.4, -0.2) is 42.9 Å². The van der Waals surface area contributed by atoms with Crippen molar-refractivity contribution in [1.82, 2.24) is 10.6 Å². The molecule has 2 aliphatic heterocycles. The lowest BCUT2D eigenvalue weighted by atomic mass is 10.1. The Morgan fingerprint density at radius 2 is 2.24 bits per heavy atom. The lowest BCUT2D eigenvalue weighted by Gasteiger charge is -2.20. The summed E-state index contributed by atoms with van der Waals surface area (Å²) in [5.41, 5.74) is 0.844. The van der Waals surface area contributed by atoms with Crippen LogP contribution in [0.5, 0.6) is 11.5 Å². The van der Waals surface area contributed by atoms with Crippen molar-refractivity contribution < 1.29 is 19.4 Å². The summed E-state index contributed by atoms with van der Waals surface area (Å²) < 4.78 is 10.9. The maximum atomic E-state index is 12.0. The summed E-state index contributed by atoms with van der Waals surface area (Å²) in [6.07, 6.45) is -0.0160. The molecule has 114 valence electrons. The quantitative estimate of drug-likeness (QED) is 0.755. The first-order valence-corrected chi connectivity index (χ1v) is 7.28. The zero-order valence-corrected chi connectivity index (χ0v) is 12.2. The summed E-state index contributed by atoms with van der Waals surface area (Å²) in [6, 6.07) is 3.23. The average Bonchev–Trinajstić information content (AvgIpc) is 2.91. The van der Waals surface area contributed by atoms with Gasteiger partial charge >= 0.3 is 0 Å². The van der Waals surface area contributed by atoms with Gasteiger partial charge in [0, 0.05) is 13.1 Å². The molecule has 2 aliphatic rings. The van der Waals surface area contributed by atoms with Gasteiger partial charge in [0.05, 0.1) is 17.2 Å². The number of amides is 1. The van der Waals surface area contributed by atoms with E-state index in [1.54, 1.807) is 6.07 Å². The predicted molar refractivity (Wildman–Crippen MR) is 76.7 cm³/mol. The van der Waals surface area contributed by atoms with E-state index in [1.807, 2.05) is 6.07 Å². The average molecular weight is 313 g/mol. The van der Waals surface area contributed by atoms with Gasteiger partial charge in [-0.1, -0.05) is 11.6 Å². The number of hydrogen-bond donors (Lipinski definition) is 3. The summed E-state index contributed by atoms with van der Waals surface area (Å²) in [5, 5.41) is 15.7. The van der Waals surface area contributed by atoms with Gasteiger partial charge in [-0.3, -0.25) is 4.79 Å². The van der Waals surface area contributed by atoms with Gasteiger partial charge in [0.1, 0.15) is 13.2 Å². The molecule has 0 unspecified atom stereocenters. The highest BCUT2D eigenvalue weighted by molar-refractivity contribution is 6.32. The second-order valence-corrected chi connectivity index (χ2v) is 5.58. The fourth-order valence-electron chi connectivity index (χ4n) is 2.50. The number of hydrogen-bond acceptors (Lipinski definition) is 5. The number of carbonyl (C=O) groups excluding carboxylic acids is 1. The summed E-state index contributed by atoms with van der Waals surface area (Å²) in [5.74, 6) is 1.03. The van der Waals surface area contributed by atoms with Crippen molar-refractivity contribution in [2.75, 3.05) is 19.8 Å². The third-order valence-corrected chi connectivity index (χ3v) is 3.83. The monoisotopic (exact) mass is 312 g/mol. The number of aliphatic hydroxyl groups excluding tert-OH is 1. The summed E-state index contributed by atoms with van der Waals surface area (Å²) >= 11 is 6.15. The van der Waals surface area contributed by atoms with Crippen molar-refractivity contribution in [3.05, 3.63) is 22.7 Å². The van der Waals surface area contributed by atoms with Gasteiger partial charge in [0.2, 0.25) is 5.91 Å². The highest BCUT2D eigenvalue weighted by Crippen LogP contribution is 2.38. The van der Waals surface area contributed by atoms with E-state index >= 15 is 0 Å². The van der Waals surface area contributed by atoms with Crippen LogP contribution in [0.3, 0.4) is 0 Å². The Morgan fingerprint density at radius 1 is 1.43 bits per heavy atom. The Hall–Kier alpha value is -1.50. The van der Waals surface area contributed by atoms with Crippen molar-refractivity contribution in [3.8, 4) is 11.5 Å². The van der Waals surface area contributed by atoms with Crippen LogP contribution in [0.1, 0.15) is 12.0 Å². The third kappa shape index (κ3) is 3.23. The molecule has 0 aliphatic carbocycles. The number of benzene rings is 1. The zero-order valence-electron chi connectivity index (χ0n) is 11.4. The number of rotatable bonds is 3. The molecule has 0 spiro atoms. The van der Waals surface area contributed by atoms with E-state index in [9.17, 15) is 9.90 Å². The van der Waals surface area contributed by atoms with Gasteiger partial charge in [-0.05, 0) is 24.1 Å². The first-order chi connectivity index (χ1) is 10.1. The number of β-amino-alcohol motifs (C(OH)–C–C–N with tert-alkyl or cyclic N) is 1. The molecular weight excluding hydrogens is 296 g/mol. The van der Waals surface area contributed by atoms with Gasteiger partial charge < -0.3 is 25.2 Å². The van der Waals surface area contributed by atoms with Crippen LogP contribution in [0, 0.1) is 0 Å². The van der Waals surface area contributed by atoms with Crippen LogP contribution in [0.25, 0.3) is 0 Å². The zero-order chi connectivity index (χ0) is 14.8. The minimum atomic E-state index is -0.454. The molecule has 2 atom stereocenters. The van der Waals surface area contributed by atoms with E-state index in [0.29, 0.717) is 49.2 Å². The maximum Gasteiger partial charge on any atom is 0.237 e. The Labute approximate surface area is 127 Å². The largest absolute Gasteiger partial charge is 0.486 e. The lowest BCUT2D eigenvalue weighted by Crippen LogP contribution is -2.40. The SMILES string of the molecule is O=C(NCc1cc(Cl)c2c(c1)OCCO2)[C@H]1C[C@H](O)CN1. The summed E-state index contributed by atoms with van der Waals surface area (Å²) in [6.45, 7) is 1.78. The van der Waals surface area contributed by atoms with Crippen molar-refractivity contribution in [1.29, 1.82) is 0 Å². The van der Waals surface area contributed by atoms with Crippen LogP contribution < -0.4 is 20.1 Å². The first-order valence-electron chi connectivity index (χ1n) is 6.90. The molecule has 1 aromatic rings. The molecule has 0 radical (unpaired) electrons. The molecule has 3 rings (SSSR count). The van der Waals surface area contributed by atoms with Gasteiger partial charge in [-0.25, -0.2) is 0 Å². The number of aliphatic hydroxyl groups is 1. The summed E-state index contributed by atoms with van der Waals surface area (Å²) in [4.78, 5) is 12.0. The standard InChI is InChI=1S/C14H17ClN2O4/c15-10-3-8(4-12-13(10)21-2-1-20-12)6-17-14(19)11-5-9(18)7-16-11/h3-4,9,11,16,18H,1-2,5-7H2,(H,17,19)/t9-,11+/m0/s1. The Bertz CT molecular complexity index is 552. The van der Waals surface area contributed by atoms with E-state index < -0.39 is 6.10 Å². The smallest absolute Gasteiger partial charge is 0.237 e. The molecule has 0 saturated carbocycles. The number of ether oxygens (including phenoxy) is 2. The molecule has 6 nitrogen and oxygen atoms in total. The summed E-state index contributed by atoms with van der Waals surface area (Å²) in [7, 11) is 0. The van der Waals surface area contributed by atoms with Crippen molar-refractivity contribution in [2.45, 2.75) is 25.1 Å². The van der Waals surface area contributed by atoms with Gasteiger partial charge in [-0.2, -0.15) is 0 Å². The molecule has 0 aromatic heterocycles.